The van der Waals surface area contributed by atoms with Crippen LogP contribution in [0.2, 0.25) is 5.82 Å². The van der Waals surface area contributed by atoms with Crippen LogP contribution in [0, 0.1) is 11.7 Å². The maximum Gasteiger partial charge on any atom is 0.216 e. The van der Waals surface area contributed by atoms with E-state index < -0.39 is 0 Å². The standard InChI is InChI=1S/C13H24BN/c15-12-8-11-14-13-9-6-4-2-1-3-5-7-10-13/h13-14H,1-7,9-10,12,15H2. The lowest BCUT2D eigenvalue weighted by Crippen LogP contribution is -2.04. The van der Waals surface area contributed by atoms with Crippen molar-refractivity contribution in [3.63, 3.8) is 0 Å². The Hall–Kier alpha value is -0.415. The summed E-state index contributed by atoms with van der Waals surface area (Å²) in [5.74, 6) is 7.05. The van der Waals surface area contributed by atoms with Crippen LogP contribution in [0.15, 0.2) is 0 Å². The molecule has 2 heteroatoms. The predicted octanol–water partition coefficient (Wildman–Crippen LogP) is 2.66. The molecule has 1 aliphatic carbocycles. The molecule has 0 aliphatic heterocycles. The zero-order valence-corrected chi connectivity index (χ0v) is 9.93. The van der Waals surface area contributed by atoms with Gasteiger partial charge in [-0.2, -0.15) is 5.82 Å². The van der Waals surface area contributed by atoms with Crippen molar-refractivity contribution >= 4 is 7.28 Å². The monoisotopic (exact) mass is 205 g/mol. The highest BCUT2D eigenvalue weighted by Crippen LogP contribution is 2.24. The molecule has 0 amide bonds. The van der Waals surface area contributed by atoms with Crippen molar-refractivity contribution in [1.29, 1.82) is 0 Å². The molecule has 84 valence electrons. The van der Waals surface area contributed by atoms with Crippen molar-refractivity contribution in [3.8, 4) is 11.7 Å². The molecule has 0 unspecified atom stereocenters. The van der Waals surface area contributed by atoms with Gasteiger partial charge in [-0.1, -0.05) is 63.6 Å². The van der Waals surface area contributed by atoms with Gasteiger partial charge in [0.2, 0.25) is 7.28 Å². The van der Waals surface area contributed by atoms with E-state index >= 15 is 0 Å². The second-order valence-corrected chi connectivity index (χ2v) is 4.68. The lowest BCUT2D eigenvalue weighted by molar-refractivity contribution is 0.503. The Morgan fingerprint density at radius 1 is 0.933 bits per heavy atom. The molecule has 0 spiro atoms. The maximum absolute atomic E-state index is 5.37. The first-order valence-electron chi connectivity index (χ1n) is 6.59. The molecular formula is C13H24BN. The van der Waals surface area contributed by atoms with Crippen LogP contribution < -0.4 is 5.73 Å². The van der Waals surface area contributed by atoms with Gasteiger partial charge >= 0.3 is 0 Å². The fraction of sp³-hybridized carbons (Fsp3) is 0.846. The zero-order chi connectivity index (χ0) is 10.8. The molecule has 2 N–H and O–H groups in total. The van der Waals surface area contributed by atoms with Crippen LogP contribution in [0.25, 0.3) is 0 Å². The third-order valence-corrected chi connectivity index (χ3v) is 3.34. The fourth-order valence-electron chi connectivity index (χ4n) is 2.39. The first kappa shape index (κ1) is 12.7. The summed E-state index contributed by atoms with van der Waals surface area (Å²) in [6.45, 7) is 0.521. The van der Waals surface area contributed by atoms with Gasteiger partial charge in [0, 0.05) is 0 Å². The van der Waals surface area contributed by atoms with E-state index in [0.29, 0.717) is 6.54 Å². The van der Waals surface area contributed by atoms with Crippen molar-refractivity contribution in [1.82, 2.24) is 0 Å². The minimum Gasteiger partial charge on any atom is -0.320 e. The Morgan fingerprint density at radius 3 is 2.00 bits per heavy atom. The summed E-state index contributed by atoms with van der Waals surface area (Å²) >= 11 is 0. The third kappa shape index (κ3) is 6.63. The summed E-state index contributed by atoms with van der Waals surface area (Å²) in [7, 11) is 1.08. The molecule has 1 rings (SSSR count). The van der Waals surface area contributed by atoms with Gasteiger partial charge in [-0.15, -0.1) is 5.92 Å². The average molecular weight is 205 g/mol. The molecule has 1 saturated carbocycles. The van der Waals surface area contributed by atoms with Gasteiger partial charge in [0.25, 0.3) is 0 Å². The van der Waals surface area contributed by atoms with Crippen LogP contribution in [0.3, 0.4) is 0 Å². The van der Waals surface area contributed by atoms with E-state index in [9.17, 15) is 0 Å². The Labute approximate surface area is 95.4 Å². The van der Waals surface area contributed by atoms with Crippen molar-refractivity contribution < 1.29 is 0 Å². The smallest absolute Gasteiger partial charge is 0.216 e. The van der Waals surface area contributed by atoms with E-state index in [1.165, 1.54) is 57.8 Å². The van der Waals surface area contributed by atoms with Crippen LogP contribution in [-0.2, 0) is 0 Å². The second kappa shape index (κ2) is 8.86. The topological polar surface area (TPSA) is 26.0 Å². The highest BCUT2D eigenvalue weighted by molar-refractivity contribution is 6.47. The van der Waals surface area contributed by atoms with Gasteiger partial charge in [0.15, 0.2) is 0 Å². The van der Waals surface area contributed by atoms with Gasteiger partial charge in [-0.05, 0) is 0 Å². The highest BCUT2D eigenvalue weighted by atomic mass is 14.5. The van der Waals surface area contributed by atoms with Crippen LogP contribution in [-0.4, -0.2) is 13.8 Å². The van der Waals surface area contributed by atoms with E-state index in [1.807, 2.05) is 0 Å². The van der Waals surface area contributed by atoms with Gasteiger partial charge < -0.3 is 5.73 Å². The number of hydrogen-bond donors (Lipinski definition) is 1. The largest absolute Gasteiger partial charge is 0.320 e. The Balaban J connectivity index is 2.25. The van der Waals surface area contributed by atoms with Crippen LogP contribution in [0.5, 0.6) is 0 Å². The zero-order valence-electron chi connectivity index (χ0n) is 9.93. The van der Waals surface area contributed by atoms with Crippen LogP contribution in [0.1, 0.15) is 57.8 Å². The summed E-state index contributed by atoms with van der Waals surface area (Å²) in [4.78, 5) is 0. The summed E-state index contributed by atoms with van der Waals surface area (Å²) in [5, 5.41) is 0. The molecule has 0 aromatic rings. The second-order valence-electron chi connectivity index (χ2n) is 4.68. The predicted molar refractivity (Wildman–Crippen MR) is 69.3 cm³/mol. The van der Waals surface area contributed by atoms with Crippen LogP contribution in [0.4, 0.5) is 0 Å². The summed E-state index contributed by atoms with van der Waals surface area (Å²) < 4.78 is 0. The van der Waals surface area contributed by atoms with Gasteiger partial charge in [-0.3, -0.25) is 0 Å². The minimum absolute atomic E-state index is 0.521. The third-order valence-electron chi connectivity index (χ3n) is 3.34. The highest BCUT2D eigenvalue weighted by Gasteiger charge is 2.09. The number of nitrogens with two attached hydrogens (primary N) is 1. The van der Waals surface area contributed by atoms with Crippen molar-refractivity contribution in [2.24, 2.45) is 5.73 Å². The molecule has 0 radical (unpaired) electrons. The van der Waals surface area contributed by atoms with Gasteiger partial charge in [0.05, 0.1) is 6.54 Å². The molecular weight excluding hydrogens is 181 g/mol. The molecule has 0 heterocycles. The quantitative estimate of drug-likeness (QED) is 0.516. The first-order valence-corrected chi connectivity index (χ1v) is 6.59. The Kier molecular flexibility index (Phi) is 7.47. The minimum atomic E-state index is 0.521. The van der Waals surface area contributed by atoms with Crippen LogP contribution >= 0.6 is 0 Å². The molecule has 0 aromatic carbocycles. The van der Waals surface area contributed by atoms with Crippen molar-refractivity contribution in [2.75, 3.05) is 6.54 Å². The van der Waals surface area contributed by atoms with E-state index in [-0.39, 0.29) is 0 Å². The maximum atomic E-state index is 5.37. The number of rotatable bonds is 1. The Morgan fingerprint density at radius 2 is 1.47 bits per heavy atom. The molecule has 1 nitrogen and oxygen atoms in total. The molecule has 0 saturated heterocycles. The SMILES string of the molecule is NCC#CBC1CCCCCCCCC1. The lowest BCUT2D eigenvalue weighted by Gasteiger charge is -2.15. The van der Waals surface area contributed by atoms with Crippen molar-refractivity contribution in [2.45, 2.75) is 63.6 Å². The fourth-order valence-corrected chi connectivity index (χ4v) is 2.39. The van der Waals surface area contributed by atoms with E-state index in [0.717, 1.165) is 13.1 Å². The van der Waals surface area contributed by atoms with E-state index in [1.54, 1.807) is 0 Å². The summed E-state index contributed by atoms with van der Waals surface area (Å²) in [6, 6.07) is 0. The first-order chi connectivity index (χ1) is 7.43. The average Bonchev–Trinajstić information content (AvgIpc) is 2.27. The molecule has 1 fully saturated rings. The van der Waals surface area contributed by atoms with E-state index in [4.69, 9.17) is 5.73 Å². The van der Waals surface area contributed by atoms with Gasteiger partial charge in [0.1, 0.15) is 0 Å². The molecule has 15 heavy (non-hydrogen) atoms. The molecule has 0 bridgehead atoms. The summed E-state index contributed by atoms with van der Waals surface area (Å²) in [6.07, 6.45) is 12.8. The summed E-state index contributed by atoms with van der Waals surface area (Å²) in [5.41, 5.74) is 5.37. The van der Waals surface area contributed by atoms with Gasteiger partial charge in [-0.25, -0.2) is 0 Å². The Bertz CT molecular complexity index is 194. The van der Waals surface area contributed by atoms with Crippen molar-refractivity contribution in [3.05, 3.63) is 0 Å². The molecule has 0 atom stereocenters. The molecule has 1 aliphatic rings. The molecule has 0 aromatic heterocycles. The normalized spacial score (nSPS) is 20.1. The number of hydrogen-bond acceptors (Lipinski definition) is 1. The van der Waals surface area contributed by atoms with E-state index in [2.05, 4.69) is 11.7 Å². The lowest BCUT2D eigenvalue weighted by atomic mass is 9.61.